The molecule has 2 heterocycles. The number of hydrogen-bond acceptors (Lipinski definition) is 5. The third-order valence-electron chi connectivity index (χ3n) is 4.98. The highest BCUT2D eigenvalue weighted by molar-refractivity contribution is 7.19. The molecular formula is C23H21N3O3S. The van der Waals surface area contributed by atoms with Gasteiger partial charge in [0, 0.05) is 29.1 Å². The van der Waals surface area contributed by atoms with Crippen LogP contribution in [0.1, 0.15) is 16.9 Å². The molecule has 0 aliphatic carbocycles. The van der Waals surface area contributed by atoms with Gasteiger partial charge in [-0.1, -0.05) is 30.3 Å². The van der Waals surface area contributed by atoms with E-state index in [1.807, 2.05) is 44.2 Å². The second-order valence-corrected chi connectivity index (χ2v) is 8.32. The van der Waals surface area contributed by atoms with Crippen molar-refractivity contribution in [1.82, 2.24) is 9.55 Å². The lowest BCUT2D eigenvalue weighted by molar-refractivity contribution is -0.116. The molecule has 1 amide bonds. The molecule has 4 rings (SSSR count). The van der Waals surface area contributed by atoms with Crippen molar-refractivity contribution in [3.63, 3.8) is 0 Å². The van der Waals surface area contributed by atoms with Gasteiger partial charge >= 0.3 is 0 Å². The fourth-order valence-electron chi connectivity index (χ4n) is 3.47. The minimum Gasteiger partial charge on any atom is -0.508 e. The number of aromatic nitrogens is 2. The van der Waals surface area contributed by atoms with Crippen LogP contribution < -0.4 is 10.9 Å². The molecule has 0 atom stereocenters. The van der Waals surface area contributed by atoms with E-state index < -0.39 is 0 Å². The first kappa shape index (κ1) is 19.8. The molecule has 0 saturated heterocycles. The molecule has 6 nitrogen and oxygen atoms in total. The molecule has 0 bridgehead atoms. The van der Waals surface area contributed by atoms with Crippen LogP contribution in [-0.4, -0.2) is 20.6 Å². The number of anilines is 1. The van der Waals surface area contributed by atoms with Gasteiger partial charge in [-0.2, -0.15) is 0 Å². The summed E-state index contributed by atoms with van der Waals surface area (Å²) in [7, 11) is 0. The van der Waals surface area contributed by atoms with Crippen LogP contribution in [0, 0.1) is 13.8 Å². The Bertz CT molecular complexity index is 1290. The van der Waals surface area contributed by atoms with Crippen molar-refractivity contribution in [1.29, 1.82) is 0 Å². The van der Waals surface area contributed by atoms with E-state index in [-0.39, 0.29) is 30.2 Å². The molecule has 2 N–H and O–H groups in total. The number of hydrogen-bond donors (Lipinski definition) is 2. The number of nitrogens with one attached hydrogen (secondary N) is 1. The molecule has 0 saturated carbocycles. The topological polar surface area (TPSA) is 84.2 Å². The van der Waals surface area contributed by atoms with Crippen LogP contribution >= 0.6 is 11.3 Å². The maximum atomic E-state index is 13.2. The van der Waals surface area contributed by atoms with E-state index in [1.54, 1.807) is 12.1 Å². The molecular weight excluding hydrogens is 398 g/mol. The average molecular weight is 420 g/mol. The van der Waals surface area contributed by atoms with Crippen LogP contribution in [0.2, 0.25) is 0 Å². The monoisotopic (exact) mass is 419 g/mol. The van der Waals surface area contributed by atoms with Crippen LogP contribution in [0.25, 0.3) is 21.3 Å². The number of fused-ring (bicyclic) bond motifs is 1. The minimum atomic E-state index is -0.208. The van der Waals surface area contributed by atoms with E-state index in [1.165, 1.54) is 28.3 Å². The largest absolute Gasteiger partial charge is 0.508 e. The molecule has 0 radical (unpaired) electrons. The highest BCUT2D eigenvalue weighted by Gasteiger charge is 2.17. The summed E-state index contributed by atoms with van der Waals surface area (Å²) in [5, 5.41) is 12.9. The summed E-state index contributed by atoms with van der Waals surface area (Å²) >= 11 is 1.50. The second-order valence-electron chi connectivity index (χ2n) is 7.12. The minimum absolute atomic E-state index is 0.136. The van der Waals surface area contributed by atoms with Crippen molar-refractivity contribution in [2.75, 3.05) is 5.32 Å². The fourth-order valence-corrected chi connectivity index (χ4v) is 4.48. The number of phenolic OH excluding ortho intramolecular Hbond substituents is 1. The number of aryl methyl sites for hydroxylation is 3. The molecule has 2 aromatic heterocycles. The number of aromatic hydroxyl groups is 1. The number of carbonyl (C=O) groups is 1. The molecule has 152 valence electrons. The molecule has 30 heavy (non-hydrogen) atoms. The van der Waals surface area contributed by atoms with Gasteiger partial charge in [0.15, 0.2) is 0 Å². The molecule has 0 aliphatic heterocycles. The SMILES string of the molecule is Cc1cc(O)ccc1NC(=O)CCn1cnc2sc(C)c(-c3ccccc3)c2c1=O. The van der Waals surface area contributed by atoms with Gasteiger partial charge in [-0.25, -0.2) is 4.98 Å². The van der Waals surface area contributed by atoms with E-state index in [4.69, 9.17) is 0 Å². The number of thiophene rings is 1. The zero-order valence-electron chi connectivity index (χ0n) is 16.7. The summed E-state index contributed by atoms with van der Waals surface area (Å²) in [6.45, 7) is 4.03. The first-order valence-electron chi connectivity index (χ1n) is 9.57. The summed E-state index contributed by atoms with van der Waals surface area (Å²) in [5.41, 5.74) is 3.16. The van der Waals surface area contributed by atoms with Gasteiger partial charge < -0.3 is 10.4 Å². The van der Waals surface area contributed by atoms with E-state index >= 15 is 0 Å². The number of benzene rings is 2. The van der Waals surface area contributed by atoms with E-state index in [2.05, 4.69) is 10.3 Å². The van der Waals surface area contributed by atoms with Gasteiger partial charge in [0.25, 0.3) is 5.56 Å². The van der Waals surface area contributed by atoms with Crippen molar-refractivity contribution in [3.8, 4) is 16.9 Å². The molecule has 2 aromatic carbocycles. The summed E-state index contributed by atoms with van der Waals surface area (Å²) in [6.07, 6.45) is 1.64. The van der Waals surface area contributed by atoms with Crippen LogP contribution in [0.3, 0.4) is 0 Å². The number of carbonyl (C=O) groups excluding carboxylic acids is 1. The fraction of sp³-hybridized carbons (Fsp3) is 0.174. The quantitative estimate of drug-likeness (QED) is 0.467. The lowest BCUT2D eigenvalue weighted by atomic mass is 10.0. The third-order valence-corrected chi connectivity index (χ3v) is 5.99. The highest BCUT2D eigenvalue weighted by atomic mass is 32.1. The molecule has 0 spiro atoms. The second kappa shape index (κ2) is 8.12. The predicted molar refractivity (Wildman–Crippen MR) is 120 cm³/mol. The van der Waals surface area contributed by atoms with Crippen LogP contribution in [0.5, 0.6) is 5.75 Å². The Morgan fingerprint density at radius 1 is 1.17 bits per heavy atom. The van der Waals surface area contributed by atoms with Gasteiger partial charge in [-0.3, -0.25) is 14.2 Å². The van der Waals surface area contributed by atoms with Crippen LogP contribution in [-0.2, 0) is 11.3 Å². The summed E-state index contributed by atoms with van der Waals surface area (Å²) in [5.74, 6) is -0.0581. The maximum absolute atomic E-state index is 13.2. The lowest BCUT2D eigenvalue weighted by Gasteiger charge is -2.10. The lowest BCUT2D eigenvalue weighted by Crippen LogP contribution is -2.23. The smallest absolute Gasteiger partial charge is 0.262 e. The number of phenols is 1. The number of rotatable bonds is 5. The van der Waals surface area contributed by atoms with Crippen LogP contribution in [0.4, 0.5) is 5.69 Å². The van der Waals surface area contributed by atoms with Gasteiger partial charge in [0.05, 0.1) is 11.7 Å². The Balaban J connectivity index is 1.58. The predicted octanol–water partition coefficient (Wildman–Crippen LogP) is 4.48. The maximum Gasteiger partial charge on any atom is 0.262 e. The Morgan fingerprint density at radius 3 is 2.67 bits per heavy atom. The Hall–Kier alpha value is -3.45. The number of nitrogens with zero attached hydrogens (tertiary/aromatic N) is 2. The van der Waals surface area contributed by atoms with Crippen molar-refractivity contribution in [2.24, 2.45) is 0 Å². The van der Waals surface area contributed by atoms with E-state index in [0.29, 0.717) is 15.9 Å². The first-order chi connectivity index (χ1) is 14.4. The normalized spacial score (nSPS) is 11.0. The van der Waals surface area contributed by atoms with Gasteiger partial charge in [-0.15, -0.1) is 11.3 Å². The molecule has 0 fully saturated rings. The third kappa shape index (κ3) is 3.84. The summed E-state index contributed by atoms with van der Waals surface area (Å²) in [4.78, 5) is 31.8. The standard InChI is InChI=1S/C23H21N3O3S/c1-14-12-17(27)8-9-18(14)25-19(28)10-11-26-13-24-22-21(23(26)29)20(15(2)30-22)16-6-4-3-5-7-16/h3-9,12-13,27H,10-11H2,1-2H3,(H,25,28). The summed E-state index contributed by atoms with van der Waals surface area (Å²) < 4.78 is 1.49. The molecule has 4 aromatic rings. The Labute approximate surface area is 177 Å². The molecule has 0 unspecified atom stereocenters. The Kier molecular flexibility index (Phi) is 5.37. The zero-order valence-corrected chi connectivity index (χ0v) is 17.5. The molecule has 7 heteroatoms. The van der Waals surface area contributed by atoms with Crippen LogP contribution in [0.15, 0.2) is 59.7 Å². The van der Waals surface area contributed by atoms with Crippen molar-refractivity contribution in [2.45, 2.75) is 26.8 Å². The van der Waals surface area contributed by atoms with Crippen molar-refractivity contribution >= 4 is 33.1 Å². The molecule has 0 aliphatic rings. The van der Waals surface area contributed by atoms with Gasteiger partial charge in [-0.05, 0) is 43.2 Å². The van der Waals surface area contributed by atoms with Crippen molar-refractivity contribution < 1.29 is 9.90 Å². The summed E-state index contributed by atoms with van der Waals surface area (Å²) in [6, 6.07) is 14.6. The van der Waals surface area contributed by atoms with Crippen molar-refractivity contribution in [3.05, 3.63) is 75.7 Å². The number of amides is 1. The van der Waals surface area contributed by atoms with E-state index in [0.717, 1.165) is 21.6 Å². The first-order valence-corrected chi connectivity index (χ1v) is 10.4. The van der Waals surface area contributed by atoms with E-state index in [9.17, 15) is 14.7 Å². The van der Waals surface area contributed by atoms with Gasteiger partial charge in [0.1, 0.15) is 10.6 Å². The zero-order chi connectivity index (χ0) is 21.3. The van der Waals surface area contributed by atoms with Gasteiger partial charge in [0.2, 0.25) is 5.91 Å². The Morgan fingerprint density at radius 2 is 1.93 bits per heavy atom. The highest BCUT2D eigenvalue weighted by Crippen LogP contribution is 2.35. The average Bonchev–Trinajstić information content (AvgIpc) is 3.07.